The SMILES string of the molecule is CN(C)N=Nc1ccc(S(=O)(=O)/N=C(\[O-])c2ccccc2)cc1.[K+]. The maximum atomic E-state index is 12.1. The van der Waals surface area contributed by atoms with Gasteiger partial charge in [-0.2, -0.15) is 12.8 Å². The molecule has 0 aromatic heterocycles. The van der Waals surface area contributed by atoms with Gasteiger partial charge < -0.3 is 5.11 Å². The summed E-state index contributed by atoms with van der Waals surface area (Å²) in [5, 5.41) is 21.1. The van der Waals surface area contributed by atoms with E-state index in [-0.39, 0.29) is 61.8 Å². The predicted molar refractivity (Wildman–Crippen MR) is 84.8 cm³/mol. The second kappa shape index (κ2) is 9.40. The number of hydrogen-bond acceptors (Lipinski definition) is 5. The van der Waals surface area contributed by atoms with Crippen LogP contribution in [0.2, 0.25) is 0 Å². The molecule has 0 aliphatic carbocycles. The van der Waals surface area contributed by atoms with Gasteiger partial charge >= 0.3 is 51.4 Å². The molecule has 120 valence electrons. The zero-order valence-electron chi connectivity index (χ0n) is 13.6. The Hall–Kier alpha value is -1.10. The van der Waals surface area contributed by atoms with Gasteiger partial charge in [0.2, 0.25) is 0 Å². The van der Waals surface area contributed by atoms with Crippen molar-refractivity contribution in [1.82, 2.24) is 5.01 Å². The molecule has 0 heterocycles. The zero-order valence-corrected chi connectivity index (χ0v) is 17.6. The molecule has 0 aliphatic heterocycles. The summed E-state index contributed by atoms with van der Waals surface area (Å²) in [6, 6.07) is 13.7. The second-order valence-electron chi connectivity index (χ2n) is 4.77. The van der Waals surface area contributed by atoms with Crippen molar-refractivity contribution in [3.8, 4) is 0 Å². The van der Waals surface area contributed by atoms with E-state index in [2.05, 4.69) is 14.7 Å². The molecule has 0 atom stereocenters. The molecule has 7 nitrogen and oxygen atoms in total. The molecule has 0 radical (unpaired) electrons. The molecule has 0 fully saturated rings. The number of nitrogens with zero attached hydrogens (tertiary/aromatic N) is 4. The van der Waals surface area contributed by atoms with Crippen LogP contribution in [0.1, 0.15) is 5.56 Å². The van der Waals surface area contributed by atoms with Crippen LogP contribution in [0.4, 0.5) is 5.69 Å². The minimum Gasteiger partial charge on any atom is -0.858 e. The van der Waals surface area contributed by atoms with Crippen molar-refractivity contribution >= 4 is 21.6 Å². The van der Waals surface area contributed by atoms with Gasteiger partial charge in [0.05, 0.1) is 10.6 Å². The molecule has 0 saturated heterocycles. The Morgan fingerprint density at radius 3 is 2.12 bits per heavy atom. The Kier molecular flexibility index (Phi) is 8.20. The smallest absolute Gasteiger partial charge is 0.858 e. The van der Waals surface area contributed by atoms with Crippen molar-refractivity contribution in [3.05, 3.63) is 60.2 Å². The van der Waals surface area contributed by atoms with Gasteiger partial charge in [0.15, 0.2) is 0 Å². The average Bonchev–Trinajstić information content (AvgIpc) is 2.53. The van der Waals surface area contributed by atoms with E-state index in [0.29, 0.717) is 5.69 Å². The van der Waals surface area contributed by atoms with Crippen LogP contribution in [0.5, 0.6) is 0 Å². The normalized spacial score (nSPS) is 12.0. The van der Waals surface area contributed by atoms with E-state index >= 15 is 0 Å². The van der Waals surface area contributed by atoms with E-state index in [1.807, 2.05) is 0 Å². The molecule has 2 rings (SSSR count). The molecular formula is C15H15KN4O3S. The van der Waals surface area contributed by atoms with Crippen molar-refractivity contribution in [2.24, 2.45) is 14.7 Å². The minimum atomic E-state index is -4.06. The minimum absolute atomic E-state index is 0. The van der Waals surface area contributed by atoms with Crippen LogP contribution in [0.3, 0.4) is 0 Å². The molecular weight excluding hydrogens is 355 g/mol. The van der Waals surface area contributed by atoms with E-state index in [1.54, 1.807) is 32.3 Å². The van der Waals surface area contributed by atoms with Gasteiger partial charge in [-0.05, 0) is 29.8 Å². The Labute approximate surface area is 183 Å². The maximum Gasteiger partial charge on any atom is 1.00 e. The second-order valence-corrected chi connectivity index (χ2v) is 6.37. The van der Waals surface area contributed by atoms with Gasteiger partial charge in [0.25, 0.3) is 10.0 Å². The topological polar surface area (TPSA) is 97.5 Å². The van der Waals surface area contributed by atoms with Crippen molar-refractivity contribution in [2.75, 3.05) is 14.1 Å². The van der Waals surface area contributed by atoms with Crippen LogP contribution in [-0.2, 0) is 10.0 Å². The number of hydrogen-bond donors (Lipinski definition) is 0. The van der Waals surface area contributed by atoms with Crippen molar-refractivity contribution in [3.63, 3.8) is 0 Å². The largest absolute Gasteiger partial charge is 1.00 e. The molecule has 2 aromatic rings. The number of sulfonamides is 1. The predicted octanol–water partition coefficient (Wildman–Crippen LogP) is -1.25. The van der Waals surface area contributed by atoms with Crippen molar-refractivity contribution < 1.29 is 64.9 Å². The molecule has 0 bridgehead atoms. The van der Waals surface area contributed by atoms with Crippen LogP contribution in [0.15, 0.2) is 74.2 Å². The van der Waals surface area contributed by atoms with Gasteiger partial charge in [0.1, 0.15) is 0 Å². The van der Waals surface area contributed by atoms with Crippen LogP contribution in [0, 0.1) is 0 Å². The van der Waals surface area contributed by atoms with Crippen molar-refractivity contribution in [1.29, 1.82) is 0 Å². The summed E-state index contributed by atoms with van der Waals surface area (Å²) in [5.74, 6) is -0.804. The monoisotopic (exact) mass is 370 g/mol. The average molecular weight is 370 g/mol. The van der Waals surface area contributed by atoms with E-state index in [4.69, 9.17) is 0 Å². The number of rotatable bonds is 5. The standard InChI is InChI=1S/C15H16N4O3S.K/c1-19(2)18-16-13-8-10-14(11-9-13)23(21,22)17-15(20)12-6-4-3-5-7-12;/h3-11H,1-2H3,(H,17,20);/q;+1/p-1. The van der Waals surface area contributed by atoms with E-state index in [0.717, 1.165) is 0 Å². The summed E-state index contributed by atoms with van der Waals surface area (Å²) in [7, 11) is -0.626. The molecule has 0 unspecified atom stereocenters. The molecule has 0 N–H and O–H groups in total. The summed E-state index contributed by atoms with van der Waals surface area (Å²) < 4.78 is 27.6. The van der Waals surface area contributed by atoms with Gasteiger partial charge in [-0.15, -0.1) is 5.11 Å². The first-order valence-corrected chi connectivity index (χ1v) is 8.09. The van der Waals surface area contributed by atoms with Crippen LogP contribution >= 0.6 is 0 Å². The van der Waals surface area contributed by atoms with Crippen LogP contribution < -0.4 is 56.5 Å². The fourth-order valence-electron chi connectivity index (χ4n) is 1.62. The number of benzene rings is 2. The third kappa shape index (κ3) is 6.08. The van der Waals surface area contributed by atoms with Gasteiger partial charge in [-0.3, -0.25) is 5.01 Å². The molecule has 0 spiro atoms. The van der Waals surface area contributed by atoms with Crippen molar-refractivity contribution in [2.45, 2.75) is 4.90 Å². The Morgan fingerprint density at radius 1 is 1.00 bits per heavy atom. The maximum absolute atomic E-state index is 12.1. The molecule has 0 aliphatic rings. The Balaban J connectivity index is 0.00000288. The Morgan fingerprint density at radius 2 is 1.58 bits per heavy atom. The summed E-state index contributed by atoms with van der Waals surface area (Å²) in [6.07, 6.45) is 0. The van der Waals surface area contributed by atoms with E-state index in [9.17, 15) is 13.5 Å². The fraction of sp³-hybridized carbons (Fsp3) is 0.133. The van der Waals surface area contributed by atoms with Gasteiger partial charge in [-0.1, -0.05) is 35.6 Å². The summed E-state index contributed by atoms with van der Waals surface area (Å²) in [4.78, 5) is -0.0782. The molecule has 0 saturated carbocycles. The third-order valence-electron chi connectivity index (χ3n) is 2.70. The molecule has 24 heavy (non-hydrogen) atoms. The van der Waals surface area contributed by atoms with Crippen LogP contribution in [-0.4, -0.2) is 33.4 Å². The first-order valence-electron chi connectivity index (χ1n) is 6.65. The van der Waals surface area contributed by atoms with E-state index < -0.39 is 15.9 Å². The van der Waals surface area contributed by atoms with Gasteiger partial charge in [-0.25, -0.2) is 0 Å². The fourth-order valence-corrected chi connectivity index (χ4v) is 2.53. The third-order valence-corrected chi connectivity index (χ3v) is 3.97. The summed E-state index contributed by atoms with van der Waals surface area (Å²) in [5.41, 5.74) is 0.708. The van der Waals surface area contributed by atoms with Gasteiger partial charge in [0, 0.05) is 20.0 Å². The zero-order chi connectivity index (χ0) is 16.9. The van der Waals surface area contributed by atoms with Crippen LogP contribution in [0.25, 0.3) is 0 Å². The molecule has 9 heteroatoms. The summed E-state index contributed by atoms with van der Waals surface area (Å²) >= 11 is 0. The van der Waals surface area contributed by atoms with E-state index in [1.165, 1.54) is 41.4 Å². The Bertz CT molecular complexity index is 820. The first kappa shape index (κ1) is 20.9. The summed E-state index contributed by atoms with van der Waals surface area (Å²) in [6.45, 7) is 0. The quantitative estimate of drug-likeness (QED) is 0.216. The molecule has 2 aromatic carbocycles. The first-order chi connectivity index (χ1) is 10.9. The molecule has 0 amide bonds.